The van der Waals surface area contributed by atoms with Gasteiger partial charge in [-0.25, -0.2) is 14.2 Å². The number of halogens is 1. The standard InChI is InChI=1S/C30H36FN7O4/c1-18-15-37-16-19(12-24(31)27(37)32-18)33-28(39)22-6-7-25(23-17-38(34-26(22)23)20-13-21(14-20)41-5)35-8-10-36(11-9-35)29(40)42-30(2,3)4/h6-7,12,15-17,20-21H,8-11,13-14H2,1-5H3,(H,33,39)/t20-,21+. The molecule has 0 radical (unpaired) electrons. The largest absolute Gasteiger partial charge is 0.444 e. The number of ether oxygens (including phenoxy) is 2. The van der Waals surface area contributed by atoms with Crippen LogP contribution in [0.15, 0.2) is 36.8 Å². The number of pyridine rings is 1. The molecule has 1 aliphatic carbocycles. The van der Waals surface area contributed by atoms with Crippen molar-refractivity contribution in [2.24, 2.45) is 0 Å². The highest BCUT2D eigenvalue weighted by Gasteiger charge is 2.33. The van der Waals surface area contributed by atoms with Crippen molar-refractivity contribution in [3.63, 3.8) is 0 Å². The van der Waals surface area contributed by atoms with Gasteiger partial charge in [-0.1, -0.05) is 0 Å². The summed E-state index contributed by atoms with van der Waals surface area (Å²) in [7, 11) is 1.71. The zero-order valence-electron chi connectivity index (χ0n) is 24.6. The summed E-state index contributed by atoms with van der Waals surface area (Å²) in [6.45, 7) is 9.63. The maximum atomic E-state index is 14.7. The van der Waals surface area contributed by atoms with E-state index in [4.69, 9.17) is 14.6 Å². The van der Waals surface area contributed by atoms with Crippen molar-refractivity contribution in [3.8, 4) is 0 Å². The molecule has 12 heteroatoms. The molecular weight excluding hydrogens is 541 g/mol. The molecule has 0 spiro atoms. The Hall–Kier alpha value is -4.19. The first-order valence-corrected chi connectivity index (χ1v) is 14.2. The quantitative estimate of drug-likeness (QED) is 0.364. The van der Waals surface area contributed by atoms with Crippen LogP contribution in [-0.2, 0) is 9.47 Å². The van der Waals surface area contributed by atoms with Gasteiger partial charge in [0, 0.05) is 69.0 Å². The van der Waals surface area contributed by atoms with Crippen LogP contribution < -0.4 is 10.2 Å². The molecule has 1 aromatic carbocycles. The summed E-state index contributed by atoms with van der Waals surface area (Å²) >= 11 is 0. The van der Waals surface area contributed by atoms with Crippen molar-refractivity contribution in [2.45, 2.75) is 58.3 Å². The summed E-state index contributed by atoms with van der Waals surface area (Å²) in [5.74, 6) is -0.903. The van der Waals surface area contributed by atoms with Gasteiger partial charge in [0.05, 0.1) is 29.1 Å². The van der Waals surface area contributed by atoms with Crippen LogP contribution in [0.2, 0.25) is 0 Å². The van der Waals surface area contributed by atoms with Crippen molar-refractivity contribution < 1.29 is 23.5 Å². The zero-order valence-corrected chi connectivity index (χ0v) is 24.6. The number of piperazine rings is 1. The summed E-state index contributed by atoms with van der Waals surface area (Å²) in [5.41, 5.74) is 2.56. The number of nitrogens with zero attached hydrogens (tertiary/aromatic N) is 6. The number of aromatic nitrogens is 4. The van der Waals surface area contributed by atoms with Crippen molar-refractivity contribution in [1.29, 1.82) is 0 Å². The monoisotopic (exact) mass is 577 g/mol. The number of hydrogen-bond donors (Lipinski definition) is 1. The Morgan fingerprint density at radius 1 is 1.07 bits per heavy atom. The van der Waals surface area contributed by atoms with Gasteiger partial charge < -0.3 is 29.0 Å². The normalized spacial score (nSPS) is 19.3. The third kappa shape index (κ3) is 5.38. The van der Waals surface area contributed by atoms with E-state index in [0.717, 1.165) is 23.9 Å². The van der Waals surface area contributed by atoms with Gasteiger partial charge in [-0.05, 0) is 52.7 Å². The molecule has 0 bridgehead atoms. The number of methoxy groups -OCH3 is 1. The minimum Gasteiger partial charge on any atom is -0.444 e. The Morgan fingerprint density at radius 2 is 1.81 bits per heavy atom. The number of benzene rings is 1. The number of imidazole rings is 1. The van der Waals surface area contributed by atoms with Crippen LogP contribution >= 0.6 is 0 Å². The predicted octanol–water partition coefficient (Wildman–Crippen LogP) is 4.79. The molecule has 1 N–H and O–H groups in total. The molecule has 3 aromatic heterocycles. The van der Waals surface area contributed by atoms with Gasteiger partial charge >= 0.3 is 6.09 Å². The van der Waals surface area contributed by atoms with E-state index >= 15 is 0 Å². The molecule has 6 rings (SSSR count). The van der Waals surface area contributed by atoms with Crippen molar-refractivity contribution in [2.75, 3.05) is 43.5 Å². The molecule has 1 saturated carbocycles. The van der Waals surface area contributed by atoms with Gasteiger partial charge in [0.1, 0.15) is 11.1 Å². The first kappa shape index (κ1) is 28.0. The average Bonchev–Trinajstić information content (AvgIpc) is 3.50. The minimum atomic E-state index is -0.552. The lowest BCUT2D eigenvalue weighted by Crippen LogP contribution is -2.50. The van der Waals surface area contributed by atoms with Gasteiger partial charge in [-0.2, -0.15) is 5.10 Å². The lowest BCUT2D eigenvalue weighted by atomic mass is 9.89. The summed E-state index contributed by atoms with van der Waals surface area (Å²) in [6, 6.07) is 5.14. The molecular formula is C30H36FN7O4. The lowest BCUT2D eigenvalue weighted by molar-refractivity contribution is 0.00268. The number of nitrogens with one attached hydrogen (secondary N) is 1. The third-order valence-corrected chi connectivity index (χ3v) is 7.85. The Bertz CT molecular complexity index is 1660. The fourth-order valence-corrected chi connectivity index (χ4v) is 5.60. The molecule has 2 fully saturated rings. The first-order chi connectivity index (χ1) is 20.0. The fourth-order valence-electron chi connectivity index (χ4n) is 5.60. The van der Waals surface area contributed by atoms with Crippen LogP contribution in [0.5, 0.6) is 0 Å². The average molecular weight is 578 g/mol. The van der Waals surface area contributed by atoms with E-state index in [2.05, 4.69) is 15.2 Å². The Kier molecular flexibility index (Phi) is 7.04. The van der Waals surface area contributed by atoms with E-state index in [1.165, 1.54) is 6.07 Å². The second kappa shape index (κ2) is 10.6. The number of fused-ring (bicyclic) bond motifs is 2. The number of anilines is 2. The summed E-state index contributed by atoms with van der Waals surface area (Å²) < 4.78 is 29.2. The molecule has 11 nitrogen and oxygen atoms in total. The van der Waals surface area contributed by atoms with Crippen molar-refractivity contribution >= 4 is 39.9 Å². The second-order valence-corrected chi connectivity index (χ2v) is 12.1. The molecule has 42 heavy (non-hydrogen) atoms. The SMILES string of the molecule is CO[C@H]1C[C@@H](n2cc3c(N4CCN(C(=O)OC(C)(C)C)CC4)ccc(C(=O)Nc4cc(F)c5nc(C)cn5c4)c3n2)C1. The molecule has 0 atom stereocenters. The zero-order chi connectivity index (χ0) is 29.8. The molecule has 0 unspecified atom stereocenters. The fraction of sp³-hybridized carbons (Fsp3) is 0.467. The molecule has 2 amide bonds. The summed E-state index contributed by atoms with van der Waals surface area (Å²) in [6.07, 6.45) is 6.92. The van der Waals surface area contributed by atoms with Crippen LogP contribution in [0.1, 0.15) is 55.7 Å². The second-order valence-electron chi connectivity index (χ2n) is 12.1. The van der Waals surface area contributed by atoms with Crippen LogP contribution in [0.3, 0.4) is 0 Å². The van der Waals surface area contributed by atoms with E-state index in [0.29, 0.717) is 48.6 Å². The maximum Gasteiger partial charge on any atom is 0.410 e. The minimum absolute atomic E-state index is 0.177. The van der Waals surface area contributed by atoms with E-state index in [1.807, 2.05) is 37.7 Å². The highest BCUT2D eigenvalue weighted by Crippen LogP contribution is 2.37. The van der Waals surface area contributed by atoms with Gasteiger partial charge in [-0.15, -0.1) is 0 Å². The van der Waals surface area contributed by atoms with Gasteiger partial charge in [0.2, 0.25) is 0 Å². The van der Waals surface area contributed by atoms with Gasteiger partial charge in [0.25, 0.3) is 5.91 Å². The highest BCUT2D eigenvalue weighted by molar-refractivity contribution is 6.14. The number of aryl methyl sites for hydroxylation is 1. The molecule has 4 aromatic rings. The van der Waals surface area contributed by atoms with Crippen LogP contribution in [0.4, 0.5) is 20.6 Å². The smallest absolute Gasteiger partial charge is 0.410 e. The molecule has 2 aliphatic rings. The van der Waals surface area contributed by atoms with E-state index in [9.17, 15) is 14.0 Å². The lowest BCUT2D eigenvalue weighted by Gasteiger charge is -2.37. The highest BCUT2D eigenvalue weighted by atomic mass is 19.1. The van der Waals surface area contributed by atoms with Crippen LogP contribution in [-0.4, -0.2) is 81.1 Å². The van der Waals surface area contributed by atoms with Crippen LogP contribution in [0.25, 0.3) is 16.6 Å². The predicted molar refractivity (Wildman–Crippen MR) is 157 cm³/mol. The number of hydrogen-bond acceptors (Lipinski definition) is 7. The van der Waals surface area contributed by atoms with Gasteiger partial charge in [-0.3, -0.25) is 9.48 Å². The topological polar surface area (TPSA) is 106 Å². The van der Waals surface area contributed by atoms with Crippen LogP contribution in [0, 0.1) is 12.7 Å². The summed E-state index contributed by atoms with van der Waals surface area (Å²) in [4.78, 5) is 34.3. The molecule has 222 valence electrons. The van der Waals surface area contributed by atoms with Crippen molar-refractivity contribution in [3.05, 3.63) is 53.9 Å². The van der Waals surface area contributed by atoms with Crippen molar-refractivity contribution in [1.82, 2.24) is 24.1 Å². The Morgan fingerprint density at radius 3 is 2.50 bits per heavy atom. The van der Waals surface area contributed by atoms with E-state index in [1.54, 1.807) is 41.8 Å². The molecule has 1 aliphatic heterocycles. The number of amides is 2. The number of carbonyl (C=O) groups excluding carboxylic acids is 2. The van der Waals surface area contributed by atoms with Gasteiger partial charge in [0.15, 0.2) is 11.5 Å². The first-order valence-electron chi connectivity index (χ1n) is 14.2. The maximum absolute atomic E-state index is 14.7. The van der Waals surface area contributed by atoms with E-state index < -0.39 is 11.4 Å². The third-order valence-electron chi connectivity index (χ3n) is 7.85. The molecule has 1 saturated heterocycles. The van der Waals surface area contributed by atoms with E-state index in [-0.39, 0.29) is 29.8 Å². The summed E-state index contributed by atoms with van der Waals surface area (Å²) in [5, 5.41) is 8.57. The molecule has 4 heterocycles. The number of carbonyl (C=O) groups is 2. The number of rotatable bonds is 5. The Labute approximate surface area is 243 Å². The Balaban J connectivity index is 1.28.